The predicted molar refractivity (Wildman–Crippen MR) is 106 cm³/mol. The highest BCUT2D eigenvalue weighted by atomic mass is 16.5. The Labute approximate surface area is 164 Å². The van der Waals surface area contributed by atoms with Crippen LogP contribution < -0.4 is 15.4 Å². The molecular weight excluding hydrogens is 356 g/mol. The third-order valence-electron chi connectivity index (χ3n) is 5.52. The maximum atomic E-state index is 13.3. The molecule has 0 unspecified atom stereocenters. The van der Waals surface area contributed by atoms with Crippen molar-refractivity contribution >= 4 is 12.0 Å². The van der Waals surface area contributed by atoms with Gasteiger partial charge in [-0.25, -0.2) is 4.79 Å². The smallest absolute Gasteiger partial charge is 0.404 e. The van der Waals surface area contributed by atoms with Gasteiger partial charge in [-0.2, -0.15) is 0 Å². The number of rotatable bonds is 6. The first kappa shape index (κ1) is 19.7. The lowest BCUT2D eigenvalue weighted by Crippen LogP contribution is -2.49. The number of hydrogen-bond donors (Lipinski definition) is 3. The molecule has 0 bridgehead atoms. The minimum atomic E-state index is -1.02. The van der Waals surface area contributed by atoms with Crippen LogP contribution in [-0.4, -0.2) is 30.3 Å². The zero-order valence-electron chi connectivity index (χ0n) is 16.0. The largest absolute Gasteiger partial charge is 0.497 e. The van der Waals surface area contributed by atoms with Crippen LogP contribution in [0.3, 0.4) is 0 Å². The molecule has 0 radical (unpaired) electrons. The number of methoxy groups -OCH3 is 1. The molecule has 1 fully saturated rings. The lowest BCUT2D eigenvalue weighted by molar-refractivity contribution is -0.128. The van der Waals surface area contributed by atoms with Gasteiger partial charge in [-0.05, 0) is 48.9 Å². The summed E-state index contributed by atoms with van der Waals surface area (Å²) in [4.78, 5) is 24.3. The minimum absolute atomic E-state index is 0.0293. The van der Waals surface area contributed by atoms with Gasteiger partial charge < -0.3 is 20.5 Å². The van der Waals surface area contributed by atoms with E-state index < -0.39 is 11.5 Å². The lowest BCUT2D eigenvalue weighted by atomic mass is 9.67. The Hall–Kier alpha value is -3.02. The SMILES string of the molecule is COc1cccc([C@]2(C(=O)NCc3ccccc3)CC[C@H](NC(=O)O)CC2)c1. The van der Waals surface area contributed by atoms with E-state index in [0.29, 0.717) is 38.0 Å². The van der Waals surface area contributed by atoms with Crippen molar-refractivity contribution in [3.8, 4) is 5.75 Å². The van der Waals surface area contributed by atoms with Crippen LogP contribution in [0.1, 0.15) is 36.8 Å². The van der Waals surface area contributed by atoms with Crippen molar-refractivity contribution in [2.45, 2.75) is 43.7 Å². The second-order valence-electron chi connectivity index (χ2n) is 7.21. The lowest BCUT2D eigenvalue weighted by Gasteiger charge is -2.39. The highest BCUT2D eigenvalue weighted by Gasteiger charge is 2.43. The van der Waals surface area contributed by atoms with E-state index in [1.165, 1.54) is 0 Å². The van der Waals surface area contributed by atoms with Gasteiger partial charge >= 0.3 is 6.09 Å². The quantitative estimate of drug-likeness (QED) is 0.714. The maximum Gasteiger partial charge on any atom is 0.404 e. The normalized spacial score (nSPS) is 21.5. The molecule has 0 aromatic heterocycles. The van der Waals surface area contributed by atoms with E-state index in [2.05, 4.69) is 10.6 Å². The first-order valence-electron chi connectivity index (χ1n) is 9.50. The van der Waals surface area contributed by atoms with Crippen LogP contribution in [0.15, 0.2) is 54.6 Å². The summed E-state index contributed by atoms with van der Waals surface area (Å²) in [6, 6.07) is 17.3. The first-order valence-corrected chi connectivity index (χ1v) is 9.50. The number of benzene rings is 2. The van der Waals surface area contributed by atoms with Crippen LogP contribution >= 0.6 is 0 Å². The topological polar surface area (TPSA) is 87.7 Å². The van der Waals surface area contributed by atoms with E-state index in [1.807, 2.05) is 54.6 Å². The van der Waals surface area contributed by atoms with E-state index in [4.69, 9.17) is 9.84 Å². The Kier molecular flexibility index (Phi) is 6.19. The number of hydrogen-bond acceptors (Lipinski definition) is 3. The van der Waals surface area contributed by atoms with Crippen LogP contribution in [0.4, 0.5) is 4.79 Å². The van der Waals surface area contributed by atoms with Crippen molar-refractivity contribution in [3.63, 3.8) is 0 Å². The third-order valence-corrected chi connectivity index (χ3v) is 5.52. The summed E-state index contributed by atoms with van der Waals surface area (Å²) >= 11 is 0. The summed E-state index contributed by atoms with van der Waals surface area (Å²) in [6.45, 7) is 0.461. The molecule has 2 aromatic rings. The van der Waals surface area contributed by atoms with Crippen molar-refractivity contribution < 1.29 is 19.4 Å². The molecule has 6 heteroatoms. The second kappa shape index (κ2) is 8.78. The summed E-state index contributed by atoms with van der Waals surface area (Å²) in [5, 5.41) is 14.6. The maximum absolute atomic E-state index is 13.3. The zero-order valence-corrected chi connectivity index (χ0v) is 16.0. The van der Waals surface area contributed by atoms with Gasteiger partial charge in [0.1, 0.15) is 5.75 Å². The number of amides is 2. The van der Waals surface area contributed by atoms with Crippen LogP contribution in [0.25, 0.3) is 0 Å². The van der Waals surface area contributed by atoms with Gasteiger partial charge in [0.25, 0.3) is 0 Å². The summed E-state index contributed by atoms with van der Waals surface area (Å²) < 4.78 is 5.35. The van der Waals surface area contributed by atoms with Gasteiger partial charge in [0.05, 0.1) is 12.5 Å². The van der Waals surface area contributed by atoms with Gasteiger partial charge in [-0.3, -0.25) is 4.79 Å². The highest BCUT2D eigenvalue weighted by Crippen LogP contribution is 2.41. The predicted octanol–water partition coefficient (Wildman–Crippen LogP) is 3.46. The molecule has 0 atom stereocenters. The van der Waals surface area contributed by atoms with E-state index in [9.17, 15) is 9.59 Å². The monoisotopic (exact) mass is 382 g/mol. The molecule has 0 saturated heterocycles. The van der Waals surface area contributed by atoms with Gasteiger partial charge in [0.2, 0.25) is 5.91 Å². The van der Waals surface area contributed by atoms with E-state index in [1.54, 1.807) is 7.11 Å². The van der Waals surface area contributed by atoms with Gasteiger partial charge in [0.15, 0.2) is 0 Å². The first-order chi connectivity index (χ1) is 13.5. The number of carbonyl (C=O) groups is 2. The van der Waals surface area contributed by atoms with Crippen molar-refractivity contribution in [2.75, 3.05) is 7.11 Å². The molecule has 2 aromatic carbocycles. The molecule has 1 saturated carbocycles. The van der Waals surface area contributed by atoms with E-state index in [0.717, 1.165) is 11.1 Å². The minimum Gasteiger partial charge on any atom is -0.497 e. The van der Waals surface area contributed by atoms with Crippen LogP contribution in [-0.2, 0) is 16.8 Å². The Morgan fingerprint density at radius 1 is 1.11 bits per heavy atom. The molecule has 1 aliphatic carbocycles. The summed E-state index contributed by atoms with van der Waals surface area (Å²) in [5.41, 5.74) is 1.25. The fourth-order valence-corrected chi connectivity index (χ4v) is 3.94. The standard InChI is InChI=1S/C22H26N2O4/c1-28-19-9-5-8-17(14-19)22(12-10-18(11-13-22)24-21(26)27)20(25)23-15-16-6-3-2-4-7-16/h2-9,14,18,24H,10-13,15H2,1H3,(H,23,25)(H,26,27)/t18-,22-. The molecule has 1 aliphatic rings. The van der Waals surface area contributed by atoms with Gasteiger partial charge in [-0.1, -0.05) is 42.5 Å². The van der Waals surface area contributed by atoms with Gasteiger partial charge in [0, 0.05) is 12.6 Å². The van der Waals surface area contributed by atoms with Crippen LogP contribution in [0.5, 0.6) is 5.75 Å². The molecular formula is C22H26N2O4. The molecule has 148 valence electrons. The van der Waals surface area contributed by atoms with Crippen molar-refractivity contribution in [1.29, 1.82) is 0 Å². The van der Waals surface area contributed by atoms with Gasteiger partial charge in [-0.15, -0.1) is 0 Å². The molecule has 0 spiro atoms. The fraction of sp³-hybridized carbons (Fsp3) is 0.364. The number of carboxylic acid groups (broad SMARTS) is 1. The average molecular weight is 382 g/mol. The molecule has 3 N–H and O–H groups in total. The second-order valence-corrected chi connectivity index (χ2v) is 7.21. The summed E-state index contributed by atoms with van der Waals surface area (Å²) in [7, 11) is 1.61. The third kappa shape index (κ3) is 4.44. The summed E-state index contributed by atoms with van der Waals surface area (Å²) in [5.74, 6) is 0.678. The number of ether oxygens (including phenoxy) is 1. The molecule has 28 heavy (non-hydrogen) atoms. The van der Waals surface area contributed by atoms with Crippen LogP contribution in [0, 0.1) is 0 Å². The fourth-order valence-electron chi connectivity index (χ4n) is 3.94. The number of carbonyl (C=O) groups excluding carboxylic acids is 1. The Balaban J connectivity index is 1.82. The number of nitrogens with one attached hydrogen (secondary N) is 2. The van der Waals surface area contributed by atoms with Crippen molar-refractivity contribution in [2.24, 2.45) is 0 Å². The Morgan fingerprint density at radius 3 is 2.46 bits per heavy atom. The van der Waals surface area contributed by atoms with E-state index in [-0.39, 0.29) is 11.9 Å². The zero-order chi connectivity index (χ0) is 20.0. The molecule has 3 rings (SSSR count). The molecule has 0 aliphatic heterocycles. The Bertz CT molecular complexity index is 814. The molecule has 0 heterocycles. The average Bonchev–Trinajstić information content (AvgIpc) is 2.73. The Morgan fingerprint density at radius 2 is 1.82 bits per heavy atom. The van der Waals surface area contributed by atoms with Crippen molar-refractivity contribution in [3.05, 3.63) is 65.7 Å². The van der Waals surface area contributed by atoms with Crippen molar-refractivity contribution in [1.82, 2.24) is 10.6 Å². The van der Waals surface area contributed by atoms with Crippen LogP contribution in [0.2, 0.25) is 0 Å². The molecule has 2 amide bonds. The molecule has 6 nitrogen and oxygen atoms in total. The van der Waals surface area contributed by atoms with E-state index >= 15 is 0 Å². The highest BCUT2D eigenvalue weighted by molar-refractivity contribution is 5.88. The summed E-state index contributed by atoms with van der Waals surface area (Å²) in [6.07, 6.45) is 1.36.